The van der Waals surface area contributed by atoms with E-state index in [4.69, 9.17) is 0 Å². The average Bonchev–Trinajstić information content (AvgIpc) is 3.03. The van der Waals surface area contributed by atoms with Gasteiger partial charge in [-0.2, -0.15) is 18.4 Å². The molecule has 3 heterocycles. The number of hydrogen-bond donors (Lipinski definition) is 1. The summed E-state index contributed by atoms with van der Waals surface area (Å²) in [5.41, 5.74) is -1.61. The van der Waals surface area contributed by atoms with Gasteiger partial charge in [-0.15, -0.1) is 0 Å². The number of nitrogens with zero attached hydrogens (tertiary/aromatic N) is 4. The molecule has 0 unspecified atom stereocenters. The van der Waals surface area contributed by atoms with Gasteiger partial charge in [0.05, 0.1) is 11.8 Å². The Bertz CT molecular complexity index is 968. The fourth-order valence-corrected chi connectivity index (χ4v) is 3.43. The van der Waals surface area contributed by atoms with Gasteiger partial charge in [0.25, 0.3) is 0 Å². The molecule has 0 saturated carbocycles. The highest BCUT2D eigenvalue weighted by Crippen LogP contribution is 2.38. The molecule has 0 spiro atoms. The van der Waals surface area contributed by atoms with Crippen LogP contribution in [0.1, 0.15) is 30.2 Å². The number of anilines is 2. The Hall–Kier alpha value is -3.22. The number of rotatable bonds is 3. The van der Waals surface area contributed by atoms with E-state index < -0.39 is 35.1 Å². The predicted octanol–water partition coefficient (Wildman–Crippen LogP) is 3.67. The van der Waals surface area contributed by atoms with Crippen molar-refractivity contribution in [3.05, 3.63) is 47.0 Å². The summed E-state index contributed by atoms with van der Waals surface area (Å²) in [6, 6.07) is 3.97. The number of aromatic nitrogens is 2. The lowest BCUT2D eigenvalue weighted by molar-refractivity contribution is -0.137. The Balaban J connectivity index is 1.99. The van der Waals surface area contributed by atoms with Crippen LogP contribution in [0.15, 0.2) is 24.4 Å². The Labute approximate surface area is 164 Å². The van der Waals surface area contributed by atoms with Gasteiger partial charge >= 0.3 is 6.18 Å². The zero-order valence-electron chi connectivity index (χ0n) is 15.6. The molecule has 0 aliphatic carbocycles. The molecule has 1 saturated heterocycles. The van der Waals surface area contributed by atoms with Crippen LogP contribution in [0.5, 0.6) is 0 Å². The zero-order chi connectivity index (χ0) is 21.3. The largest absolute Gasteiger partial charge is 0.417 e. The van der Waals surface area contributed by atoms with E-state index in [2.05, 4.69) is 15.3 Å². The maximum atomic E-state index is 13.4. The molecule has 1 amide bonds. The monoisotopic (exact) mass is 407 g/mol. The first kappa shape index (κ1) is 20.5. The summed E-state index contributed by atoms with van der Waals surface area (Å²) in [5, 5.41) is 11.9. The predicted molar refractivity (Wildman–Crippen MR) is 96.4 cm³/mol. The SMILES string of the molecule is Cc1cc(C(F)(F)F)c(C#N)c(N2CC[C@H](C)[C@H]2C(=O)Nc2ccc(F)cn2)n1. The van der Waals surface area contributed by atoms with E-state index >= 15 is 0 Å². The van der Waals surface area contributed by atoms with Gasteiger partial charge in [0.1, 0.15) is 35.1 Å². The van der Waals surface area contributed by atoms with Crippen molar-refractivity contribution in [3.63, 3.8) is 0 Å². The van der Waals surface area contributed by atoms with Crippen molar-refractivity contribution in [1.82, 2.24) is 9.97 Å². The van der Waals surface area contributed by atoms with E-state index in [0.717, 1.165) is 18.3 Å². The Morgan fingerprint density at radius 3 is 2.69 bits per heavy atom. The second kappa shape index (κ2) is 7.66. The molecule has 0 bridgehead atoms. The summed E-state index contributed by atoms with van der Waals surface area (Å²) in [6.45, 7) is 3.45. The maximum absolute atomic E-state index is 13.4. The number of nitrogens with one attached hydrogen (secondary N) is 1. The van der Waals surface area contributed by atoms with Gasteiger partial charge in [-0.3, -0.25) is 4.79 Å². The molecular formula is C19H17F4N5O. The van der Waals surface area contributed by atoms with Gasteiger partial charge in [0.2, 0.25) is 5.91 Å². The van der Waals surface area contributed by atoms with Gasteiger partial charge in [0, 0.05) is 12.2 Å². The second-order valence-corrected chi connectivity index (χ2v) is 6.87. The summed E-state index contributed by atoms with van der Waals surface area (Å²) in [4.78, 5) is 22.2. The number of pyridine rings is 2. The van der Waals surface area contributed by atoms with Crippen LogP contribution in [0.25, 0.3) is 0 Å². The normalized spacial score (nSPS) is 19.1. The molecule has 1 N–H and O–H groups in total. The zero-order valence-corrected chi connectivity index (χ0v) is 15.6. The van der Waals surface area contributed by atoms with Gasteiger partial charge in [0.15, 0.2) is 0 Å². The molecule has 1 aliphatic rings. The average molecular weight is 407 g/mol. The maximum Gasteiger partial charge on any atom is 0.417 e. The highest BCUT2D eigenvalue weighted by atomic mass is 19.4. The van der Waals surface area contributed by atoms with Crippen molar-refractivity contribution in [3.8, 4) is 6.07 Å². The van der Waals surface area contributed by atoms with E-state index in [-0.39, 0.29) is 29.8 Å². The summed E-state index contributed by atoms with van der Waals surface area (Å²) in [6.07, 6.45) is -3.26. The third-order valence-corrected chi connectivity index (χ3v) is 4.77. The van der Waals surface area contributed by atoms with Gasteiger partial charge in [-0.05, 0) is 37.5 Å². The number of amides is 1. The molecule has 1 fully saturated rings. The lowest BCUT2D eigenvalue weighted by Crippen LogP contribution is -2.43. The van der Waals surface area contributed by atoms with Crippen LogP contribution in [0, 0.1) is 30.0 Å². The topological polar surface area (TPSA) is 81.9 Å². The standard InChI is InChI=1S/C19H17F4N5O/c1-10-5-6-28(16(10)18(29)27-15-4-3-12(20)9-25-15)17-13(8-24)14(19(21,22)23)7-11(2)26-17/h3-4,7,9-10,16H,5-6H2,1-2H3,(H,25,27,29)/t10-,16-/m0/s1. The molecular weight excluding hydrogens is 390 g/mol. The van der Waals surface area contributed by atoms with Crippen LogP contribution >= 0.6 is 0 Å². The Morgan fingerprint density at radius 1 is 1.38 bits per heavy atom. The molecule has 2 atom stereocenters. The number of carbonyl (C=O) groups excluding carboxylic acids is 1. The summed E-state index contributed by atoms with van der Waals surface area (Å²) < 4.78 is 53.3. The number of halogens is 4. The van der Waals surface area contributed by atoms with Crippen molar-refractivity contribution in [2.45, 2.75) is 32.5 Å². The van der Waals surface area contributed by atoms with E-state index in [1.54, 1.807) is 13.0 Å². The van der Waals surface area contributed by atoms with Crippen molar-refractivity contribution in [2.24, 2.45) is 5.92 Å². The van der Waals surface area contributed by atoms with E-state index in [1.807, 2.05) is 0 Å². The number of aryl methyl sites for hydroxylation is 1. The fourth-order valence-electron chi connectivity index (χ4n) is 3.43. The number of carbonyl (C=O) groups is 1. The second-order valence-electron chi connectivity index (χ2n) is 6.87. The summed E-state index contributed by atoms with van der Waals surface area (Å²) in [5.74, 6) is -1.35. The minimum absolute atomic E-state index is 0.0882. The minimum Gasteiger partial charge on any atom is -0.343 e. The van der Waals surface area contributed by atoms with Gasteiger partial charge in [-0.1, -0.05) is 6.92 Å². The molecule has 10 heteroatoms. The highest BCUT2D eigenvalue weighted by molar-refractivity contribution is 5.97. The lowest BCUT2D eigenvalue weighted by Gasteiger charge is -2.28. The molecule has 6 nitrogen and oxygen atoms in total. The highest BCUT2D eigenvalue weighted by Gasteiger charge is 2.42. The molecule has 1 aliphatic heterocycles. The van der Waals surface area contributed by atoms with Crippen LogP contribution < -0.4 is 10.2 Å². The van der Waals surface area contributed by atoms with Crippen LogP contribution in [-0.4, -0.2) is 28.5 Å². The van der Waals surface area contributed by atoms with Gasteiger partial charge < -0.3 is 10.2 Å². The molecule has 2 aromatic heterocycles. The molecule has 0 aromatic carbocycles. The first-order valence-electron chi connectivity index (χ1n) is 8.80. The van der Waals surface area contributed by atoms with Crippen molar-refractivity contribution in [2.75, 3.05) is 16.8 Å². The van der Waals surface area contributed by atoms with Crippen LogP contribution in [0.4, 0.5) is 29.2 Å². The number of alkyl halides is 3. The molecule has 152 valence electrons. The first-order valence-corrected chi connectivity index (χ1v) is 8.80. The smallest absolute Gasteiger partial charge is 0.343 e. The van der Waals surface area contributed by atoms with E-state index in [1.165, 1.54) is 17.9 Å². The van der Waals surface area contributed by atoms with Crippen molar-refractivity contribution >= 4 is 17.5 Å². The Kier molecular flexibility index (Phi) is 5.42. The summed E-state index contributed by atoms with van der Waals surface area (Å²) in [7, 11) is 0. The molecule has 29 heavy (non-hydrogen) atoms. The molecule has 3 rings (SSSR count). The Morgan fingerprint density at radius 2 is 2.10 bits per heavy atom. The minimum atomic E-state index is -4.73. The third-order valence-electron chi connectivity index (χ3n) is 4.77. The van der Waals surface area contributed by atoms with Crippen molar-refractivity contribution < 1.29 is 22.4 Å². The first-order chi connectivity index (χ1) is 13.6. The molecule has 0 radical (unpaired) electrons. The summed E-state index contributed by atoms with van der Waals surface area (Å²) >= 11 is 0. The van der Waals surface area contributed by atoms with Crippen LogP contribution in [0.3, 0.4) is 0 Å². The van der Waals surface area contributed by atoms with E-state index in [0.29, 0.717) is 6.42 Å². The fraction of sp³-hybridized carbons (Fsp3) is 0.368. The van der Waals surface area contributed by atoms with Crippen molar-refractivity contribution in [1.29, 1.82) is 5.26 Å². The van der Waals surface area contributed by atoms with Gasteiger partial charge in [-0.25, -0.2) is 14.4 Å². The molecule has 2 aromatic rings. The number of hydrogen-bond acceptors (Lipinski definition) is 5. The lowest BCUT2D eigenvalue weighted by atomic mass is 10.0. The third kappa shape index (κ3) is 4.13. The number of nitriles is 1. The van der Waals surface area contributed by atoms with Crippen LogP contribution in [0.2, 0.25) is 0 Å². The van der Waals surface area contributed by atoms with E-state index in [9.17, 15) is 27.6 Å². The van der Waals surface area contributed by atoms with Crippen LogP contribution in [-0.2, 0) is 11.0 Å². The quantitative estimate of drug-likeness (QED) is 0.786.